The van der Waals surface area contributed by atoms with Crippen LogP contribution in [0.5, 0.6) is 11.5 Å². The fourth-order valence-electron chi connectivity index (χ4n) is 3.32. The molecule has 1 aromatic carbocycles. The van der Waals surface area contributed by atoms with Gasteiger partial charge in [0.1, 0.15) is 18.3 Å². The summed E-state index contributed by atoms with van der Waals surface area (Å²) in [4.78, 5) is 11.0. The van der Waals surface area contributed by atoms with Gasteiger partial charge in [-0.2, -0.15) is 5.10 Å². The molecule has 1 aromatic heterocycles. The summed E-state index contributed by atoms with van der Waals surface area (Å²) in [6, 6.07) is 7.68. The number of likely N-dealkylation sites (tertiary alicyclic amines) is 1. The van der Waals surface area contributed by atoms with Gasteiger partial charge >= 0.3 is 0 Å². The van der Waals surface area contributed by atoms with Crippen molar-refractivity contribution in [1.82, 2.24) is 25.4 Å². The lowest BCUT2D eigenvalue weighted by molar-refractivity contribution is 0.210. The molecule has 1 aliphatic heterocycles. The van der Waals surface area contributed by atoms with Gasteiger partial charge in [-0.1, -0.05) is 12.1 Å². The minimum atomic E-state index is -0.0233. The van der Waals surface area contributed by atoms with Crippen molar-refractivity contribution in [3.05, 3.63) is 36.4 Å². The van der Waals surface area contributed by atoms with Crippen LogP contribution in [0.1, 0.15) is 31.5 Å². The van der Waals surface area contributed by atoms with Crippen LogP contribution in [0.25, 0.3) is 0 Å². The second-order valence-electron chi connectivity index (χ2n) is 6.64. The topological polar surface area (TPSA) is 87.7 Å². The average molecular weight is 500 g/mol. The number of nitrogens with zero attached hydrogens (tertiary/aromatic N) is 4. The maximum absolute atomic E-state index is 6.00. The van der Waals surface area contributed by atoms with Crippen LogP contribution in [-0.2, 0) is 0 Å². The predicted molar refractivity (Wildman–Crippen MR) is 120 cm³/mol. The Morgan fingerprint density at radius 3 is 2.64 bits per heavy atom. The first-order valence-corrected chi connectivity index (χ1v) is 9.31. The van der Waals surface area contributed by atoms with Gasteiger partial charge in [0.15, 0.2) is 17.5 Å². The van der Waals surface area contributed by atoms with Crippen LogP contribution in [-0.4, -0.2) is 65.9 Å². The number of aromatic nitrogens is 3. The molecule has 3 rings (SSSR count). The number of methoxy groups -OCH3 is 1. The van der Waals surface area contributed by atoms with Gasteiger partial charge in [-0.3, -0.25) is 10.1 Å². The van der Waals surface area contributed by atoms with Crippen molar-refractivity contribution in [1.29, 1.82) is 0 Å². The van der Waals surface area contributed by atoms with Gasteiger partial charge in [0.2, 0.25) is 0 Å². The highest BCUT2D eigenvalue weighted by molar-refractivity contribution is 14.0. The number of aromatic amines is 1. The van der Waals surface area contributed by atoms with Crippen LogP contribution < -0.4 is 14.8 Å². The molecule has 1 atom stereocenters. The number of para-hydroxylation sites is 2. The Kier molecular flexibility index (Phi) is 8.81. The third-order valence-corrected chi connectivity index (χ3v) is 4.77. The Bertz CT molecular complexity index is 732. The summed E-state index contributed by atoms with van der Waals surface area (Å²) in [5.74, 6) is 3.81. The summed E-state index contributed by atoms with van der Waals surface area (Å²) in [7, 11) is 3.46. The van der Waals surface area contributed by atoms with E-state index >= 15 is 0 Å². The van der Waals surface area contributed by atoms with E-state index in [-0.39, 0.29) is 30.1 Å². The number of ether oxygens (including phenoxy) is 2. The van der Waals surface area contributed by atoms with Crippen LogP contribution in [0.15, 0.2) is 35.6 Å². The number of nitrogens with one attached hydrogen (secondary N) is 2. The molecule has 28 heavy (non-hydrogen) atoms. The molecule has 2 N–H and O–H groups in total. The number of aliphatic imine (C=N–C) groups is 1. The van der Waals surface area contributed by atoms with Crippen molar-refractivity contribution in [3.8, 4) is 11.5 Å². The van der Waals surface area contributed by atoms with Crippen LogP contribution >= 0.6 is 24.0 Å². The molecule has 154 valence electrons. The van der Waals surface area contributed by atoms with E-state index in [1.807, 2.05) is 38.2 Å². The van der Waals surface area contributed by atoms with Crippen molar-refractivity contribution < 1.29 is 9.47 Å². The summed E-state index contributed by atoms with van der Waals surface area (Å²) >= 11 is 0. The smallest absolute Gasteiger partial charge is 0.193 e. The van der Waals surface area contributed by atoms with Gasteiger partial charge in [0, 0.05) is 26.1 Å². The van der Waals surface area contributed by atoms with Gasteiger partial charge in [0.05, 0.1) is 13.7 Å². The zero-order chi connectivity index (χ0) is 19.1. The zero-order valence-electron chi connectivity index (χ0n) is 16.6. The standard InChI is InChI=1S/C19H28N6O2.HI/c1-14(27-17-7-5-4-6-16(17)26-3)12-21-19(20-2)25-10-8-15(9-11-25)18-22-13-23-24-18;/h4-7,13-15H,8-12H2,1-3H3,(H,20,21)(H,22,23,24);1H. The molecule has 1 saturated heterocycles. The van der Waals surface area contributed by atoms with E-state index in [2.05, 4.69) is 30.4 Å². The van der Waals surface area contributed by atoms with E-state index in [0.717, 1.165) is 49.2 Å². The second kappa shape index (κ2) is 11.1. The number of guanidine groups is 1. The molecule has 1 unspecified atom stereocenters. The fraction of sp³-hybridized carbons (Fsp3) is 0.526. The zero-order valence-corrected chi connectivity index (χ0v) is 18.9. The molecule has 0 amide bonds. The van der Waals surface area contributed by atoms with Gasteiger partial charge in [-0.25, -0.2) is 4.98 Å². The minimum Gasteiger partial charge on any atom is -0.493 e. The number of halogens is 1. The van der Waals surface area contributed by atoms with Crippen molar-refractivity contribution in [2.75, 3.05) is 33.8 Å². The first-order chi connectivity index (χ1) is 13.2. The molecule has 8 nitrogen and oxygen atoms in total. The lowest BCUT2D eigenvalue weighted by atomic mass is 9.96. The number of rotatable bonds is 6. The number of H-pyrrole nitrogens is 1. The predicted octanol–water partition coefficient (Wildman–Crippen LogP) is 2.65. The number of hydrogen-bond donors (Lipinski definition) is 2. The molecule has 0 radical (unpaired) electrons. The molecule has 2 heterocycles. The van der Waals surface area contributed by atoms with E-state index in [9.17, 15) is 0 Å². The van der Waals surface area contributed by atoms with Crippen molar-refractivity contribution in [2.24, 2.45) is 4.99 Å². The maximum atomic E-state index is 6.00. The summed E-state index contributed by atoms with van der Waals surface area (Å²) < 4.78 is 11.3. The normalized spacial score (nSPS) is 16.2. The van der Waals surface area contributed by atoms with Crippen molar-refractivity contribution in [2.45, 2.75) is 31.8 Å². The average Bonchev–Trinajstić information content (AvgIpc) is 3.24. The van der Waals surface area contributed by atoms with Crippen LogP contribution in [0.2, 0.25) is 0 Å². The van der Waals surface area contributed by atoms with E-state index in [0.29, 0.717) is 12.5 Å². The Labute approximate surface area is 183 Å². The third-order valence-electron chi connectivity index (χ3n) is 4.77. The molecule has 2 aromatic rings. The van der Waals surface area contributed by atoms with E-state index in [1.165, 1.54) is 0 Å². The van der Waals surface area contributed by atoms with E-state index in [1.54, 1.807) is 13.4 Å². The van der Waals surface area contributed by atoms with Gasteiger partial charge in [-0.15, -0.1) is 24.0 Å². The molecule has 9 heteroatoms. The number of hydrogen-bond acceptors (Lipinski definition) is 5. The lowest BCUT2D eigenvalue weighted by Crippen LogP contribution is -2.47. The second-order valence-corrected chi connectivity index (χ2v) is 6.64. The Morgan fingerprint density at radius 1 is 1.32 bits per heavy atom. The van der Waals surface area contributed by atoms with Gasteiger partial charge in [0.25, 0.3) is 0 Å². The Morgan fingerprint density at radius 2 is 2.04 bits per heavy atom. The first-order valence-electron chi connectivity index (χ1n) is 9.31. The molecular formula is C19H29IN6O2. The molecular weight excluding hydrogens is 471 g/mol. The quantitative estimate of drug-likeness (QED) is 0.361. The lowest BCUT2D eigenvalue weighted by Gasteiger charge is -2.33. The van der Waals surface area contributed by atoms with Crippen LogP contribution in [0, 0.1) is 0 Å². The Hall–Kier alpha value is -2.04. The van der Waals surface area contributed by atoms with Crippen LogP contribution in [0.3, 0.4) is 0 Å². The van der Waals surface area contributed by atoms with Gasteiger partial charge in [-0.05, 0) is 31.9 Å². The minimum absolute atomic E-state index is 0. The summed E-state index contributed by atoms with van der Waals surface area (Å²) in [6.45, 7) is 4.56. The third kappa shape index (κ3) is 5.73. The molecule has 0 spiro atoms. The summed E-state index contributed by atoms with van der Waals surface area (Å²) in [6.07, 6.45) is 3.61. The fourth-order valence-corrected chi connectivity index (χ4v) is 3.32. The molecule has 1 fully saturated rings. The van der Waals surface area contributed by atoms with Gasteiger partial charge < -0.3 is 19.7 Å². The largest absolute Gasteiger partial charge is 0.493 e. The van der Waals surface area contributed by atoms with Crippen LogP contribution in [0.4, 0.5) is 0 Å². The Balaban J connectivity index is 0.00000280. The SMILES string of the molecule is CN=C(NCC(C)Oc1ccccc1OC)N1CCC(c2ncn[nH]2)CC1.I. The van der Waals surface area contributed by atoms with E-state index < -0.39 is 0 Å². The van der Waals surface area contributed by atoms with Crippen molar-refractivity contribution in [3.63, 3.8) is 0 Å². The monoisotopic (exact) mass is 500 g/mol. The molecule has 0 saturated carbocycles. The summed E-state index contributed by atoms with van der Waals surface area (Å²) in [5, 5.41) is 10.4. The van der Waals surface area contributed by atoms with E-state index in [4.69, 9.17) is 9.47 Å². The maximum Gasteiger partial charge on any atom is 0.193 e. The first kappa shape index (κ1) is 22.3. The highest BCUT2D eigenvalue weighted by Crippen LogP contribution is 2.27. The highest BCUT2D eigenvalue weighted by Gasteiger charge is 2.24. The molecule has 0 aliphatic carbocycles. The number of piperidine rings is 1. The molecule has 1 aliphatic rings. The molecule has 0 bridgehead atoms. The summed E-state index contributed by atoms with van der Waals surface area (Å²) in [5.41, 5.74) is 0. The number of benzene rings is 1. The van der Waals surface area contributed by atoms with Crippen molar-refractivity contribution >= 4 is 29.9 Å². The highest BCUT2D eigenvalue weighted by atomic mass is 127.